The van der Waals surface area contributed by atoms with Gasteiger partial charge < -0.3 is 26.0 Å². The van der Waals surface area contributed by atoms with E-state index in [4.69, 9.17) is 10.5 Å². The maximum atomic E-state index is 14.9. The van der Waals surface area contributed by atoms with E-state index in [1.165, 1.54) is 0 Å². The number of ether oxygens (including phenoxy) is 1. The Morgan fingerprint density at radius 2 is 1.97 bits per heavy atom. The molecule has 1 saturated heterocycles. The number of halogens is 1. The Morgan fingerprint density at radius 1 is 1.28 bits per heavy atom. The van der Waals surface area contributed by atoms with Crippen molar-refractivity contribution in [3.63, 3.8) is 0 Å². The molecule has 4 N–H and O–H groups in total. The number of benzene rings is 1. The number of rotatable bonds is 6. The van der Waals surface area contributed by atoms with E-state index in [0.717, 1.165) is 29.3 Å². The molecule has 0 spiro atoms. The molecule has 29 heavy (non-hydrogen) atoms. The lowest BCUT2D eigenvalue weighted by Crippen LogP contribution is -2.53. The third-order valence-corrected chi connectivity index (χ3v) is 5.23. The van der Waals surface area contributed by atoms with Gasteiger partial charge in [0.15, 0.2) is 11.6 Å². The van der Waals surface area contributed by atoms with Crippen LogP contribution in [-0.4, -0.2) is 50.3 Å². The minimum absolute atomic E-state index is 0.00393. The number of aromatic nitrogens is 1. The monoisotopic (exact) mass is 401 g/mol. The van der Waals surface area contributed by atoms with Crippen LogP contribution >= 0.6 is 0 Å². The zero-order valence-corrected chi connectivity index (χ0v) is 17.3. The number of nitrogens with one attached hydrogen (secondary N) is 2. The van der Waals surface area contributed by atoms with Crippen molar-refractivity contribution in [1.82, 2.24) is 10.3 Å². The fraction of sp³-hybridized carbons (Fsp3) is 0.429. The van der Waals surface area contributed by atoms with Crippen LogP contribution in [0.5, 0.6) is 0 Å². The zero-order valence-electron chi connectivity index (χ0n) is 17.3. The van der Waals surface area contributed by atoms with Crippen molar-refractivity contribution in [3.8, 4) is 0 Å². The van der Waals surface area contributed by atoms with Gasteiger partial charge in [-0.25, -0.2) is 9.37 Å². The Kier molecular flexibility index (Phi) is 6.34. The molecule has 1 fully saturated rings. The molecule has 1 aromatic heterocycles. The highest BCUT2D eigenvalue weighted by Gasteiger charge is 2.30. The Labute approximate surface area is 170 Å². The first-order valence-electron chi connectivity index (χ1n) is 9.63. The van der Waals surface area contributed by atoms with Gasteiger partial charge in [-0.15, -0.1) is 0 Å². The van der Waals surface area contributed by atoms with E-state index in [9.17, 15) is 9.18 Å². The molecule has 0 saturated carbocycles. The fourth-order valence-corrected chi connectivity index (χ4v) is 3.82. The largest absolute Gasteiger partial charge is 0.380 e. The third-order valence-electron chi connectivity index (χ3n) is 5.23. The number of pyridine rings is 1. The number of carbonyl (C=O) groups is 1. The van der Waals surface area contributed by atoms with Gasteiger partial charge in [-0.3, -0.25) is 4.79 Å². The molecule has 0 aliphatic carbocycles. The third kappa shape index (κ3) is 4.65. The number of hydrogen-bond donors (Lipinski definition) is 3. The Morgan fingerprint density at radius 3 is 2.59 bits per heavy atom. The van der Waals surface area contributed by atoms with Crippen molar-refractivity contribution < 1.29 is 13.9 Å². The first-order valence-corrected chi connectivity index (χ1v) is 9.63. The quantitative estimate of drug-likeness (QED) is 0.689. The van der Waals surface area contributed by atoms with Crippen LogP contribution in [0.1, 0.15) is 27.9 Å². The van der Waals surface area contributed by atoms with Crippen molar-refractivity contribution >= 4 is 23.2 Å². The zero-order chi connectivity index (χ0) is 21.1. The van der Waals surface area contributed by atoms with Gasteiger partial charge in [-0.05, 0) is 56.6 Å². The number of carbonyl (C=O) groups excluding carboxylic acids is 1. The first kappa shape index (κ1) is 21.0. The molecule has 0 radical (unpaired) electrons. The molecule has 156 valence electrons. The molecular weight excluding hydrogens is 373 g/mol. The molecule has 2 atom stereocenters. The number of aryl methyl sites for hydroxylation is 2. The maximum Gasteiger partial charge on any atom is 0.252 e. The maximum absolute atomic E-state index is 14.9. The highest BCUT2D eigenvalue weighted by atomic mass is 19.1. The lowest BCUT2D eigenvalue weighted by atomic mass is 10.0. The van der Waals surface area contributed by atoms with Crippen LogP contribution in [0.25, 0.3) is 0 Å². The van der Waals surface area contributed by atoms with Gasteiger partial charge in [0.2, 0.25) is 0 Å². The van der Waals surface area contributed by atoms with Gasteiger partial charge >= 0.3 is 0 Å². The topological polar surface area (TPSA) is 92.5 Å². The molecule has 2 heterocycles. The number of anilines is 3. The molecule has 2 unspecified atom stereocenters. The van der Waals surface area contributed by atoms with Crippen molar-refractivity contribution in [2.75, 3.05) is 37.5 Å². The Balaban J connectivity index is 2.00. The van der Waals surface area contributed by atoms with E-state index in [2.05, 4.69) is 15.6 Å². The smallest absolute Gasteiger partial charge is 0.252 e. The van der Waals surface area contributed by atoms with Crippen LogP contribution < -0.4 is 21.3 Å². The summed E-state index contributed by atoms with van der Waals surface area (Å²) in [4.78, 5) is 18.2. The molecule has 7 nitrogen and oxygen atoms in total. The minimum atomic E-state index is -0.739. The van der Waals surface area contributed by atoms with Gasteiger partial charge in [0, 0.05) is 25.4 Å². The average molecular weight is 401 g/mol. The Hall–Kier alpha value is -2.71. The van der Waals surface area contributed by atoms with E-state index >= 15 is 0 Å². The fourth-order valence-electron chi connectivity index (χ4n) is 3.82. The van der Waals surface area contributed by atoms with E-state index in [-0.39, 0.29) is 29.3 Å². The number of amides is 1. The molecule has 1 aromatic carbocycles. The predicted molar refractivity (Wildman–Crippen MR) is 112 cm³/mol. The van der Waals surface area contributed by atoms with E-state index in [1.807, 2.05) is 39.1 Å². The molecule has 1 aliphatic heterocycles. The summed E-state index contributed by atoms with van der Waals surface area (Å²) in [7, 11) is 3.66. The highest BCUT2D eigenvalue weighted by molar-refractivity contribution is 5.98. The average Bonchev–Trinajstić information content (AvgIpc) is 2.67. The summed E-state index contributed by atoms with van der Waals surface area (Å²) in [6, 6.07) is 7.11. The molecule has 1 aliphatic rings. The molecule has 1 amide bonds. The number of hydrogen-bond acceptors (Lipinski definition) is 6. The summed E-state index contributed by atoms with van der Waals surface area (Å²) in [5.41, 5.74) is 8.38. The number of nitrogens with zero attached hydrogens (tertiary/aromatic N) is 2. The second kappa shape index (κ2) is 8.75. The van der Waals surface area contributed by atoms with E-state index < -0.39 is 11.7 Å². The summed E-state index contributed by atoms with van der Waals surface area (Å²) in [5, 5.41) is 6.35. The highest BCUT2D eigenvalue weighted by Crippen LogP contribution is 2.29. The second-order valence-corrected chi connectivity index (χ2v) is 7.49. The van der Waals surface area contributed by atoms with Crippen LogP contribution in [0, 0.1) is 19.7 Å². The molecule has 2 aromatic rings. The van der Waals surface area contributed by atoms with Crippen molar-refractivity contribution in [3.05, 3.63) is 46.8 Å². The number of primary amides is 1. The standard InChI is InChI=1S/C21H28FN5O2/c1-12-7-13(2)9-14(8-12)25-20-15(19(23)28)10-16(22)21(26-20)27(4)18-5-6-29-11-17(18)24-3/h7-10,17-18,24H,5-6,11H2,1-4H3,(H2,23,28)(H,25,26). The van der Waals surface area contributed by atoms with Gasteiger partial charge in [-0.2, -0.15) is 0 Å². The second-order valence-electron chi connectivity index (χ2n) is 7.49. The molecule has 3 rings (SSSR count). The predicted octanol–water partition coefficient (Wildman–Crippen LogP) is 2.49. The number of likely N-dealkylation sites (N-methyl/N-ethyl adjacent to an activating group) is 2. The van der Waals surface area contributed by atoms with Crippen molar-refractivity contribution in [2.24, 2.45) is 5.73 Å². The van der Waals surface area contributed by atoms with Crippen LogP contribution in [0.4, 0.5) is 21.7 Å². The molecular formula is C21H28FN5O2. The van der Waals surface area contributed by atoms with Gasteiger partial charge in [0.25, 0.3) is 5.91 Å². The van der Waals surface area contributed by atoms with Crippen molar-refractivity contribution in [2.45, 2.75) is 32.4 Å². The summed E-state index contributed by atoms with van der Waals surface area (Å²) >= 11 is 0. The van der Waals surface area contributed by atoms with Crippen LogP contribution in [0.3, 0.4) is 0 Å². The van der Waals surface area contributed by atoms with Crippen molar-refractivity contribution in [1.29, 1.82) is 0 Å². The first-order chi connectivity index (χ1) is 13.8. The lowest BCUT2D eigenvalue weighted by molar-refractivity contribution is 0.0600. The van der Waals surface area contributed by atoms with Gasteiger partial charge in [0.05, 0.1) is 18.2 Å². The molecule has 8 heteroatoms. The summed E-state index contributed by atoms with van der Waals surface area (Å²) in [5.74, 6) is -0.932. The molecule has 0 bridgehead atoms. The van der Waals surface area contributed by atoms with E-state index in [1.54, 1.807) is 11.9 Å². The number of nitrogens with two attached hydrogens (primary N) is 1. The summed E-state index contributed by atoms with van der Waals surface area (Å²) in [6.07, 6.45) is 0.737. The van der Waals surface area contributed by atoms with Crippen LogP contribution in [0.2, 0.25) is 0 Å². The van der Waals surface area contributed by atoms with Gasteiger partial charge in [0.1, 0.15) is 5.82 Å². The lowest BCUT2D eigenvalue weighted by Gasteiger charge is -2.38. The van der Waals surface area contributed by atoms with E-state index in [0.29, 0.717) is 13.2 Å². The van der Waals surface area contributed by atoms with Crippen LogP contribution in [-0.2, 0) is 4.74 Å². The van der Waals surface area contributed by atoms with Crippen LogP contribution in [0.15, 0.2) is 24.3 Å². The minimum Gasteiger partial charge on any atom is -0.380 e. The Bertz CT molecular complexity index is 885. The van der Waals surface area contributed by atoms with Gasteiger partial charge in [-0.1, -0.05) is 6.07 Å². The normalized spacial score (nSPS) is 19.1. The summed E-state index contributed by atoms with van der Waals surface area (Å²) in [6.45, 7) is 5.10. The SMILES string of the molecule is CNC1COCCC1N(C)c1nc(Nc2cc(C)cc(C)c2)c(C(N)=O)cc1F. The summed E-state index contributed by atoms with van der Waals surface area (Å²) < 4.78 is 20.4.